The molecule has 0 aromatic carbocycles. The van der Waals surface area contributed by atoms with E-state index in [4.69, 9.17) is 11.6 Å². The molecule has 0 aliphatic heterocycles. The van der Waals surface area contributed by atoms with Crippen LogP contribution in [0.25, 0.3) is 0 Å². The van der Waals surface area contributed by atoms with E-state index in [2.05, 4.69) is 15.3 Å². The van der Waals surface area contributed by atoms with Gasteiger partial charge in [-0.1, -0.05) is 30.9 Å². The second-order valence-electron chi connectivity index (χ2n) is 4.85. The Balaban J connectivity index is 2.18. The molecule has 2 unspecified atom stereocenters. The fraction of sp³-hybridized carbons (Fsp3) is 0.667. The Morgan fingerprint density at radius 2 is 1.90 bits per heavy atom. The predicted molar refractivity (Wildman–Crippen MR) is 68.5 cm³/mol. The number of nitrogens with one attached hydrogen (secondary N) is 1. The van der Waals surface area contributed by atoms with Crippen LogP contribution in [0.2, 0.25) is 5.15 Å². The molecule has 20 heavy (non-hydrogen) atoms. The van der Waals surface area contributed by atoms with E-state index in [-0.39, 0.29) is 17.0 Å². The standard InChI is InChI=1S/C12H15ClF3N3O/c13-9-6-10(19-11(18-9)12(14,15)16)17-7-4-2-1-3-5-8(7)20/h6-8,20H,1-5H2,(H,17,18,19). The van der Waals surface area contributed by atoms with Crippen molar-refractivity contribution in [1.29, 1.82) is 0 Å². The van der Waals surface area contributed by atoms with Gasteiger partial charge in [-0.3, -0.25) is 0 Å². The van der Waals surface area contributed by atoms with Crippen LogP contribution in [0.3, 0.4) is 0 Å². The molecule has 0 spiro atoms. The monoisotopic (exact) mass is 309 g/mol. The van der Waals surface area contributed by atoms with E-state index < -0.39 is 18.1 Å². The molecule has 2 atom stereocenters. The van der Waals surface area contributed by atoms with E-state index in [1.54, 1.807) is 0 Å². The van der Waals surface area contributed by atoms with Gasteiger partial charge in [0, 0.05) is 6.07 Å². The zero-order chi connectivity index (χ0) is 14.8. The minimum atomic E-state index is -4.65. The van der Waals surface area contributed by atoms with Crippen molar-refractivity contribution in [2.45, 2.75) is 50.4 Å². The SMILES string of the molecule is OC1CCCCCC1Nc1cc(Cl)nc(C(F)(F)F)n1. The summed E-state index contributed by atoms with van der Waals surface area (Å²) >= 11 is 5.59. The summed E-state index contributed by atoms with van der Waals surface area (Å²) in [5, 5.41) is 12.5. The third-order valence-electron chi connectivity index (χ3n) is 3.26. The largest absolute Gasteiger partial charge is 0.451 e. The maximum Gasteiger partial charge on any atom is 0.451 e. The highest BCUT2D eigenvalue weighted by atomic mass is 35.5. The number of aromatic nitrogens is 2. The molecule has 0 amide bonds. The molecule has 1 heterocycles. The van der Waals surface area contributed by atoms with Gasteiger partial charge in [0.25, 0.3) is 0 Å². The van der Waals surface area contributed by atoms with E-state index in [1.807, 2.05) is 0 Å². The normalized spacial score (nSPS) is 24.2. The van der Waals surface area contributed by atoms with Crippen LogP contribution < -0.4 is 5.32 Å². The summed E-state index contributed by atoms with van der Waals surface area (Å²) in [5.41, 5.74) is 0. The Bertz CT molecular complexity index is 470. The highest BCUT2D eigenvalue weighted by Crippen LogP contribution is 2.29. The second kappa shape index (κ2) is 6.13. The molecule has 2 rings (SSSR count). The van der Waals surface area contributed by atoms with Crippen molar-refractivity contribution >= 4 is 17.4 Å². The Morgan fingerprint density at radius 1 is 1.20 bits per heavy atom. The number of hydrogen-bond acceptors (Lipinski definition) is 4. The summed E-state index contributed by atoms with van der Waals surface area (Å²) < 4.78 is 37.8. The van der Waals surface area contributed by atoms with Crippen LogP contribution in [0.1, 0.15) is 37.9 Å². The molecular formula is C12H15ClF3N3O. The zero-order valence-corrected chi connectivity index (χ0v) is 11.4. The minimum Gasteiger partial charge on any atom is -0.391 e. The molecule has 1 aliphatic carbocycles. The number of nitrogens with zero attached hydrogens (tertiary/aromatic N) is 2. The summed E-state index contributed by atoms with van der Waals surface area (Å²) in [5.74, 6) is -1.29. The first-order valence-electron chi connectivity index (χ1n) is 6.42. The maximum atomic E-state index is 12.6. The molecule has 1 aromatic heterocycles. The predicted octanol–water partition coefficient (Wildman–Crippen LogP) is 3.25. The minimum absolute atomic E-state index is 0.0109. The van der Waals surface area contributed by atoms with Crippen LogP contribution in [0.5, 0.6) is 0 Å². The van der Waals surface area contributed by atoms with Crippen molar-refractivity contribution in [2.24, 2.45) is 0 Å². The van der Waals surface area contributed by atoms with E-state index in [1.165, 1.54) is 6.07 Å². The van der Waals surface area contributed by atoms with Crippen molar-refractivity contribution in [3.05, 3.63) is 17.0 Å². The first kappa shape index (κ1) is 15.3. The Kier molecular flexibility index (Phi) is 4.70. The number of anilines is 1. The van der Waals surface area contributed by atoms with Crippen molar-refractivity contribution in [2.75, 3.05) is 5.32 Å². The summed E-state index contributed by atoms with van der Waals surface area (Å²) in [6, 6.07) is 0.915. The third kappa shape index (κ3) is 3.96. The van der Waals surface area contributed by atoms with Gasteiger partial charge in [0.15, 0.2) is 0 Å². The lowest BCUT2D eigenvalue weighted by atomic mass is 10.1. The fourth-order valence-electron chi connectivity index (χ4n) is 2.26. The van der Waals surface area contributed by atoms with Crippen LogP contribution in [0, 0.1) is 0 Å². The first-order chi connectivity index (χ1) is 9.36. The summed E-state index contributed by atoms with van der Waals surface area (Å²) in [6.07, 6.45) is -1.10. The van der Waals surface area contributed by atoms with Gasteiger partial charge in [-0.25, -0.2) is 9.97 Å². The molecular weight excluding hydrogens is 295 g/mol. The van der Waals surface area contributed by atoms with Crippen molar-refractivity contribution in [1.82, 2.24) is 9.97 Å². The molecule has 1 fully saturated rings. The quantitative estimate of drug-likeness (QED) is 0.650. The van der Waals surface area contributed by atoms with Crippen LogP contribution >= 0.6 is 11.6 Å². The fourth-order valence-corrected chi connectivity index (χ4v) is 2.45. The number of halogens is 4. The van der Waals surface area contributed by atoms with Crippen LogP contribution in [0.4, 0.5) is 19.0 Å². The van der Waals surface area contributed by atoms with Crippen LogP contribution in [0.15, 0.2) is 6.07 Å². The van der Waals surface area contributed by atoms with Gasteiger partial charge in [0.2, 0.25) is 5.82 Å². The van der Waals surface area contributed by atoms with E-state index in [0.29, 0.717) is 12.8 Å². The van der Waals surface area contributed by atoms with E-state index in [9.17, 15) is 18.3 Å². The molecule has 0 bridgehead atoms. The number of hydrogen-bond donors (Lipinski definition) is 2. The molecule has 1 aliphatic rings. The van der Waals surface area contributed by atoms with Crippen molar-refractivity contribution < 1.29 is 18.3 Å². The summed E-state index contributed by atoms with van der Waals surface area (Å²) in [4.78, 5) is 6.58. The van der Waals surface area contributed by atoms with Gasteiger partial charge in [-0.2, -0.15) is 13.2 Å². The average Bonchev–Trinajstić information content (AvgIpc) is 2.53. The van der Waals surface area contributed by atoms with Crippen molar-refractivity contribution in [3.8, 4) is 0 Å². The zero-order valence-electron chi connectivity index (χ0n) is 10.6. The summed E-state index contributed by atoms with van der Waals surface area (Å²) in [6.45, 7) is 0. The Labute approximate surface area is 119 Å². The topological polar surface area (TPSA) is 58.0 Å². The maximum absolute atomic E-state index is 12.6. The molecule has 0 radical (unpaired) electrons. The lowest BCUT2D eigenvalue weighted by Crippen LogP contribution is -2.33. The lowest BCUT2D eigenvalue weighted by Gasteiger charge is -2.22. The number of rotatable bonds is 2. The summed E-state index contributed by atoms with van der Waals surface area (Å²) in [7, 11) is 0. The molecule has 4 nitrogen and oxygen atoms in total. The molecule has 1 aromatic rings. The van der Waals surface area contributed by atoms with E-state index in [0.717, 1.165) is 19.3 Å². The first-order valence-corrected chi connectivity index (χ1v) is 6.80. The number of aliphatic hydroxyl groups is 1. The van der Waals surface area contributed by atoms with Gasteiger partial charge in [0.05, 0.1) is 12.1 Å². The Hall–Kier alpha value is -1.08. The second-order valence-corrected chi connectivity index (χ2v) is 5.24. The smallest absolute Gasteiger partial charge is 0.391 e. The van der Waals surface area contributed by atoms with Gasteiger partial charge in [-0.15, -0.1) is 0 Å². The molecule has 1 saturated carbocycles. The number of alkyl halides is 3. The van der Waals surface area contributed by atoms with E-state index >= 15 is 0 Å². The molecule has 8 heteroatoms. The van der Waals surface area contributed by atoms with Gasteiger partial charge in [-0.05, 0) is 12.8 Å². The average molecular weight is 310 g/mol. The molecule has 112 valence electrons. The third-order valence-corrected chi connectivity index (χ3v) is 3.45. The van der Waals surface area contributed by atoms with Crippen LogP contribution in [-0.4, -0.2) is 27.2 Å². The van der Waals surface area contributed by atoms with Crippen LogP contribution in [-0.2, 0) is 6.18 Å². The van der Waals surface area contributed by atoms with Gasteiger partial charge < -0.3 is 10.4 Å². The Morgan fingerprint density at radius 3 is 2.60 bits per heavy atom. The van der Waals surface area contributed by atoms with Gasteiger partial charge in [0.1, 0.15) is 11.0 Å². The lowest BCUT2D eigenvalue weighted by molar-refractivity contribution is -0.144. The molecule has 2 N–H and O–H groups in total. The van der Waals surface area contributed by atoms with Gasteiger partial charge >= 0.3 is 6.18 Å². The highest BCUT2D eigenvalue weighted by Gasteiger charge is 2.35. The highest BCUT2D eigenvalue weighted by molar-refractivity contribution is 6.29. The number of aliphatic hydroxyl groups excluding tert-OH is 1. The molecule has 0 saturated heterocycles. The van der Waals surface area contributed by atoms with Crippen molar-refractivity contribution in [3.63, 3.8) is 0 Å².